The SMILES string of the molecule is CC[C@H](C)Sc1nnc(NC(=O)[C@@H]2CC(=O)N(c3ccc(F)cc3)C2)s1. The van der Waals surface area contributed by atoms with Gasteiger partial charge in [-0.05, 0) is 30.7 Å². The maximum Gasteiger partial charge on any atom is 0.231 e. The molecule has 3 rings (SSSR count). The Morgan fingerprint density at radius 2 is 2.15 bits per heavy atom. The van der Waals surface area contributed by atoms with Crippen LogP contribution in [0.15, 0.2) is 28.6 Å². The van der Waals surface area contributed by atoms with E-state index in [0.717, 1.165) is 10.8 Å². The van der Waals surface area contributed by atoms with E-state index in [9.17, 15) is 14.0 Å². The molecular weight excluding hydrogens is 375 g/mol. The highest BCUT2D eigenvalue weighted by Crippen LogP contribution is 2.31. The van der Waals surface area contributed by atoms with Crippen LogP contribution in [0, 0.1) is 11.7 Å². The Morgan fingerprint density at radius 1 is 1.42 bits per heavy atom. The number of rotatable bonds is 6. The maximum absolute atomic E-state index is 13.0. The van der Waals surface area contributed by atoms with Crippen molar-refractivity contribution in [3.63, 3.8) is 0 Å². The third-order valence-electron chi connectivity index (χ3n) is 4.15. The van der Waals surface area contributed by atoms with Crippen LogP contribution in [-0.2, 0) is 9.59 Å². The highest BCUT2D eigenvalue weighted by molar-refractivity contribution is 8.01. The van der Waals surface area contributed by atoms with Gasteiger partial charge in [0.2, 0.25) is 16.9 Å². The third-order valence-corrected chi connectivity index (χ3v) is 6.34. The molecule has 1 N–H and O–H groups in total. The number of carbonyl (C=O) groups excluding carboxylic acids is 2. The Bertz CT molecular complexity index is 796. The van der Waals surface area contributed by atoms with Gasteiger partial charge in [0.15, 0.2) is 4.34 Å². The highest BCUT2D eigenvalue weighted by Gasteiger charge is 2.35. The number of anilines is 2. The van der Waals surface area contributed by atoms with E-state index >= 15 is 0 Å². The lowest BCUT2D eigenvalue weighted by Crippen LogP contribution is -2.28. The van der Waals surface area contributed by atoms with Crippen LogP contribution in [0.3, 0.4) is 0 Å². The zero-order valence-electron chi connectivity index (χ0n) is 14.4. The smallest absolute Gasteiger partial charge is 0.231 e. The van der Waals surface area contributed by atoms with Gasteiger partial charge < -0.3 is 10.2 Å². The molecule has 0 saturated carbocycles. The summed E-state index contributed by atoms with van der Waals surface area (Å²) in [5, 5.41) is 11.7. The first kappa shape index (κ1) is 18.8. The second kappa shape index (κ2) is 8.13. The van der Waals surface area contributed by atoms with Crippen molar-refractivity contribution < 1.29 is 14.0 Å². The van der Waals surface area contributed by atoms with Crippen molar-refractivity contribution >= 4 is 45.7 Å². The van der Waals surface area contributed by atoms with Crippen molar-refractivity contribution in [2.24, 2.45) is 5.92 Å². The molecule has 2 atom stereocenters. The van der Waals surface area contributed by atoms with Gasteiger partial charge in [0.05, 0.1) is 5.92 Å². The lowest BCUT2D eigenvalue weighted by atomic mass is 10.1. The van der Waals surface area contributed by atoms with Crippen LogP contribution in [0.2, 0.25) is 0 Å². The number of thioether (sulfide) groups is 1. The normalized spacial score (nSPS) is 18.2. The van der Waals surface area contributed by atoms with Crippen molar-refractivity contribution in [3.05, 3.63) is 30.1 Å². The first-order chi connectivity index (χ1) is 12.5. The van der Waals surface area contributed by atoms with Gasteiger partial charge in [-0.25, -0.2) is 4.39 Å². The van der Waals surface area contributed by atoms with Gasteiger partial charge in [0, 0.05) is 23.9 Å². The van der Waals surface area contributed by atoms with E-state index in [1.807, 2.05) is 0 Å². The monoisotopic (exact) mass is 394 g/mol. The third kappa shape index (κ3) is 4.39. The summed E-state index contributed by atoms with van der Waals surface area (Å²) in [6.07, 6.45) is 1.14. The molecule has 0 spiro atoms. The number of hydrogen-bond acceptors (Lipinski definition) is 6. The van der Waals surface area contributed by atoms with Crippen molar-refractivity contribution in [1.29, 1.82) is 0 Å². The lowest BCUT2D eigenvalue weighted by molar-refractivity contribution is -0.122. The number of aromatic nitrogens is 2. The first-order valence-electron chi connectivity index (χ1n) is 8.33. The molecule has 1 aromatic carbocycles. The molecule has 6 nitrogen and oxygen atoms in total. The molecule has 2 aromatic rings. The Labute approximate surface area is 159 Å². The molecule has 2 amide bonds. The topological polar surface area (TPSA) is 75.2 Å². The summed E-state index contributed by atoms with van der Waals surface area (Å²) >= 11 is 2.96. The minimum Gasteiger partial charge on any atom is -0.312 e. The predicted molar refractivity (Wildman–Crippen MR) is 101 cm³/mol. The van der Waals surface area contributed by atoms with Gasteiger partial charge in [0.1, 0.15) is 5.82 Å². The van der Waals surface area contributed by atoms with E-state index < -0.39 is 5.92 Å². The predicted octanol–water partition coefficient (Wildman–Crippen LogP) is 3.56. The van der Waals surface area contributed by atoms with Crippen LogP contribution in [0.1, 0.15) is 26.7 Å². The summed E-state index contributed by atoms with van der Waals surface area (Å²) in [5.41, 5.74) is 0.592. The summed E-state index contributed by atoms with van der Waals surface area (Å²) in [6, 6.07) is 5.68. The van der Waals surface area contributed by atoms with Crippen molar-refractivity contribution in [1.82, 2.24) is 10.2 Å². The number of halogens is 1. The number of hydrogen-bond donors (Lipinski definition) is 1. The largest absolute Gasteiger partial charge is 0.312 e. The molecule has 26 heavy (non-hydrogen) atoms. The van der Waals surface area contributed by atoms with E-state index in [4.69, 9.17) is 0 Å². The summed E-state index contributed by atoms with van der Waals surface area (Å²) in [4.78, 5) is 26.2. The fraction of sp³-hybridized carbons (Fsp3) is 0.412. The van der Waals surface area contributed by atoms with Gasteiger partial charge in [-0.15, -0.1) is 10.2 Å². The van der Waals surface area contributed by atoms with E-state index in [0.29, 0.717) is 16.1 Å². The van der Waals surface area contributed by atoms with Crippen LogP contribution in [0.25, 0.3) is 0 Å². The van der Waals surface area contributed by atoms with Gasteiger partial charge in [-0.1, -0.05) is 36.9 Å². The van der Waals surface area contributed by atoms with E-state index in [2.05, 4.69) is 29.4 Å². The number of nitrogens with zero attached hydrogens (tertiary/aromatic N) is 3. The highest BCUT2D eigenvalue weighted by atomic mass is 32.2. The number of benzene rings is 1. The summed E-state index contributed by atoms with van der Waals surface area (Å²) in [7, 11) is 0. The zero-order valence-corrected chi connectivity index (χ0v) is 16.1. The fourth-order valence-corrected chi connectivity index (χ4v) is 4.53. The van der Waals surface area contributed by atoms with E-state index in [1.165, 1.54) is 40.5 Å². The van der Waals surface area contributed by atoms with Crippen molar-refractivity contribution in [2.45, 2.75) is 36.3 Å². The molecule has 2 heterocycles. The fourth-order valence-electron chi connectivity index (χ4n) is 2.52. The Hall–Kier alpha value is -2.00. The molecule has 1 aliphatic rings. The molecule has 0 aliphatic carbocycles. The molecule has 0 bridgehead atoms. The molecule has 9 heteroatoms. The van der Waals surface area contributed by atoms with Gasteiger partial charge in [-0.2, -0.15) is 0 Å². The summed E-state index contributed by atoms with van der Waals surface area (Å²) in [6.45, 7) is 4.48. The first-order valence-corrected chi connectivity index (χ1v) is 10.0. The Balaban J connectivity index is 1.60. The number of amides is 2. The maximum atomic E-state index is 13.0. The standard InChI is InChI=1S/C17H19FN4O2S2/c1-3-10(2)25-17-21-20-16(26-17)19-15(24)11-8-14(23)22(9-11)13-6-4-12(18)5-7-13/h4-7,10-11H,3,8-9H2,1-2H3,(H,19,20,24)/t10-,11+/m0/s1. The molecule has 0 unspecified atom stereocenters. The molecule has 1 aliphatic heterocycles. The Morgan fingerprint density at radius 3 is 2.85 bits per heavy atom. The molecule has 1 saturated heterocycles. The van der Waals surface area contributed by atoms with Gasteiger partial charge in [-0.3, -0.25) is 9.59 Å². The summed E-state index contributed by atoms with van der Waals surface area (Å²) < 4.78 is 13.9. The van der Waals surface area contributed by atoms with Gasteiger partial charge in [0.25, 0.3) is 0 Å². The average Bonchev–Trinajstić information content (AvgIpc) is 3.22. The molecule has 0 radical (unpaired) electrons. The lowest BCUT2D eigenvalue weighted by Gasteiger charge is -2.16. The van der Waals surface area contributed by atoms with E-state index in [-0.39, 0.29) is 30.6 Å². The Kier molecular flexibility index (Phi) is 5.87. The second-order valence-electron chi connectivity index (χ2n) is 6.08. The second-order valence-corrected chi connectivity index (χ2v) is 8.74. The quantitative estimate of drug-likeness (QED) is 0.599. The van der Waals surface area contributed by atoms with Crippen LogP contribution in [-0.4, -0.2) is 33.8 Å². The zero-order chi connectivity index (χ0) is 18.7. The van der Waals surface area contributed by atoms with Crippen molar-refractivity contribution in [3.8, 4) is 0 Å². The molecule has 138 valence electrons. The number of carbonyl (C=O) groups is 2. The molecule has 1 fully saturated rings. The van der Waals surface area contributed by atoms with E-state index in [1.54, 1.807) is 11.8 Å². The minimum absolute atomic E-state index is 0.122. The minimum atomic E-state index is -0.470. The van der Waals surface area contributed by atoms with Gasteiger partial charge >= 0.3 is 0 Å². The van der Waals surface area contributed by atoms with Crippen molar-refractivity contribution in [2.75, 3.05) is 16.8 Å². The van der Waals surface area contributed by atoms with Crippen LogP contribution < -0.4 is 10.2 Å². The molecule has 1 aromatic heterocycles. The van der Waals surface area contributed by atoms with Crippen LogP contribution >= 0.6 is 23.1 Å². The molecular formula is C17H19FN4O2S2. The average molecular weight is 394 g/mol. The van der Waals surface area contributed by atoms with Crippen LogP contribution in [0.4, 0.5) is 15.2 Å². The number of nitrogens with one attached hydrogen (secondary N) is 1. The summed E-state index contributed by atoms with van der Waals surface area (Å²) in [5.74, 6) is -1.24. The van der Waals surface area contributed by atoms with Crippen LogP contribution in [0.5, 0.6) is 0 Å².